The number of aromatic nitrogens is 2. The number of nitrogens with zero attached hydrogens (tertiary/aromatic N) is 1. The third kappa shape index (κ3) is 2.93. The summed E-state index contributed by atoms with van der Waals surface area (Å²) in [6, 6.07) is 7.80. The van der Waals surface area contributed by atoms with Crippen LogP contribution in [0.25, 0.3) is 11.1 Å². The molecule has 1 heterocycles. The van der Waals surface area contributed by atoms with Gasteiger partial charge in [0.15, 0.2) is 0 Å². The highest BCUT2D eigenvalue weighted by atomic mass is 16.5. The molecule has 17 heavy (non-hydrogen) atoms. The van der Waals surface area contributed by atoms with Crippen molar-refractivity contribution < 1.29 is 9.53 Å². The lowest BCUT2D eigenvalue weighted by Crippen LogP contribution is -2.07. The maximum absolute atomic E-state index is 11.4. The predicted octanol–water partition coefficient (Wildman–Crippen LogP) is 2.18. The van der Waals surface area contributed by atoms with E-state index in [1.54, 1.807) is 13.1 Å². The first-order chi connectivity index (χ1) is 8.29. The van der Waals surface area contributed by atoms with Gasteiger partial charge in [-0.2, -0.15) is 5.10 Å². The molecule has 0 unspecified atom stereocenters. The van der Waals surface area contributed by atoms with E-state index >= 15 is 0 Å². The average Bonchev–Trinajstić information content (AvgIpc) is 2.83. The number of H-pyrrole nitrogens is 1. The van der Waals surface area contributed by atoms with Gasteiger partial charge in [0.05, 0.1) is 19.2 Å². The van der Waals surface area contributed by atoms with E-state index in [1.165, 1.54) is 0 Å². The van der Waals surface area contributed by atoms with Crippen LogP contribution in [-0.2, 0) is 16.0 Å². The van der Waals surface area contributed by atoms with Gasteiger partial charge in [0.25, 0.3) is 0 Å². The quantitative estimate of drug-likeness (QED) is 0.819. The summed E-state index contributed by atoms with van der Waals surface area (Å²) in [6.07, 6.45) is 3.88. The molecular formula is C13H14N2O2. The van der Waals surface area contributed by atoms with Crippen molar-refractivity contribution in [2.75, 3.05) is 6.61 Å². The molecule has 0 bridgehead atoms. The molecule has 4 heteroatoms. The SMILES string of the molecule is CCOC(=O)Cc1cccc(-c2cn[nH]c2)c1. The Hall–Kier alpha value is -2.10. The molecule has 0 amide bonds. The Labute approximate surface area is 99.6 Å². The van der Waals surface area contributed by atoms with E-state index in [0.717, 1.165) is 16.7 Å². The van der Waals surface area contributed by atoms with Crippen LogP contribution in [0.4, 0.5) is 0 Å². The summed E-state index contributed by atoms with van der Waals surface area (Å²) in [5.74, 6) is -0.197. The van der Waals surface area contributed by atoms with E-state index in [2.05, 4.69) is 10.2 Å². The minimum atomic E-state index is -0.197. The normalized spacial score (nSPS) is 10.2. The van der Waals surface area contributed by atoms with Gasteiger partial charge in [0.1, 0.15) is 0 Å². The van der Waals surface area contributed by atoms with Crippen LogP contribution in [0.1, 0.15) is 12.5 Å². The summed E-state index contributed by atoms with van der Waals surface area (Å²) in [4.78, 5) is 11.4. The first-order valence-corrected chi connectivity index (χ1v) is 5.53. The zero-order chi connectivity index (χ0) is 12.1. The lowest BCUT2D eigenvalue weighted by Gasteiger charge is -2.04. The Morgan fingerprint density at radius 3 is 3.00 bits per heavy atom. The van der Waals surface area contributed by atoms with Crippen molar-refractivity contribution in [1.29, 1.82) is 0 Å². The fourth-order valence-corrected chi connectivity index (χ4v) is 1.65. The van der Waals surface area contributed by atoms with Crippen molar-refractivity contribution >= 4 is 5.97 Å². The first-order valence-electron chi connectivity index (χ1n) is 5.53. The number of aromatic amines is 1. The van der Waals surface area contributed by atoms with Crippen molar-refractivity contribution in [3.8, 4) is 11.1 Å². The van der Waals surface area contributed by atoms with Gasteiger partial charge >= 0.3 is 5.97 Å². The molecule has 0 radical (unpaired) electrons. The average molecular weight is 230 g/mol. The third-order valence-corrected chi connectivity index (χ3v) is 2.41. The largest absolute Gasteiger partial charge is 0.466 e. The zero-order valence-electron chi connectivity index (χ0n) is 9.64. The fourth-order valence-electron chi connectivity index (χ4n) is 1.65. The second-order valence-corrected chi connectivity index (χ2v) is 3.67. The van der Waals surface area contributed by atoms with E-state index in [1.807, 2.05) is 30.5 Å². The van der Waals surface area contributed by atoms with Crippen LogP contribution >= 0.6 is 0 Å². The standard InChI is InChI=1S/C13H14N2O2/c1-2-17-13(16)7-10-4-3-5-11(6-10)12-8-14-15-9-12/h3-6,8-9H,2,7H2,1H3,(H,14,15). The molecule has 0 aliphatic heterocycles. The Balaban J connectivity index is 2.15. The molecule has 0 saturated carbocycles. The fraction of sp³-hybridized carbons (Fsp3) is 0.231. The van der Waals surface area contributed by atoms with E-state index in [9.17, 15) is 4.79 Å². The van der Waals surface area contributed by atoms with E-state index in [4.69, 9.17) is 4.74 Å². The predicted molar refractivity (Wildman–Crippen MR) is 64.4 cm³/mol. The number of carbonyl (C=O) groups excluding carboxylic acids is 1. The van der Waals surface area contributed by atoms with Crippen LogP contribution in [-0.4, -0.2) is 22.8 Å². The number of hydrogen-bond donors (Lipinski definition) is 1. The molecule has 0 aliphatic rings. The third-order valence-electron chi connectivity index (χ3n) is 2.41. The summed E-state index contributed by atoms with van der Waals surface area (Å²) in [7, 11) is 0. The van der Waals surface area contributed by atoms with Gasteiger partial charge in [-0.3, -0.25) is 9.89 Å². The molecule has 0 spiro atoms. The number of esters is 1. The molecule has 0 saturated heterocycles. The molecular weight excluding hydrogens is 216 g/mol. The van der Waals surface area contributed by atoms with Crippen LogP contribution in [0.15, 0.2) is 36.7 Å². The van der Waals surface area contributed by atoms with Crippen molar-refractivity contribution in [1.82, 2.24) is 10.2 Å². The molecule has 1 aromatic heterocycles. The van der Waals surface area contributed by atoms with Crippen molar-refractivity contribution in [3.63, 3.8) is 0 Å². The zero-order valence-corrected chi connectivity index (χ0v) is 9.64. The lowest BCUT2D eigenvalue weighted by molar-refractivity contribution is -0.142. The highest BCUT2D eigenvalue weighted by Gasteiger charge is 2.05. The Kier molecular flexibility index (Phi) is 3.55. The Bertz CT molecular complexity index is 492. The van der Waals surface area contributed by atoms with Gasteiger partial charge in [0.2, 0.25) is 0 Å². The topological polar surface area (TPSA) is 55.0 Å². The summed E-state index contributed by atoms with van der Waals surface area (Å²) >= 11 is 0. The minimum Gasteiger partial charge on any atom is -0.466 e. The van der Waals surface area contributed by atoms with Crippen LogP contribution < -0.4 is 0 Å². The Morgan fingerprint density at radius 2 is 2.29 bits per heavy atom. The van der Waals surface area contributed by atoms with Crippen LogP contribution in [0.2, 0.25) is 0 Å². The number of nitrogens with one attached hydrogen (secondary N) is 1. The highest BCUT2D eigenvalue weighted by molar-refractivity contribution is 5.73. The van der Waals surface area contributed by atoms with Crippen molar-refractivity contribution in [2.24, 2.45) is 0 Å². The van der Waals surface area contributed by atoms with Crippen molar-refractivity contribution in [2.45, 2.75) is 13.3 Å². The summed E-state index contributed by atoms with van der Waals surface area (Å²) in [5, 5.41) is 6.67. The van der Waals surface area contributed by atoms with Gasteiger partial charge in [-0.15, -0.1) is 0 Å². The Morgan fingerprint density at radius 1 is 1.41 bits per heavy atom. The summed E-state index contributed by atoms with van der Waals surface area (Å²) in [5.41, 5.74) is 3.00. The molecule has 88 valence electrons. The molecule has 0 fully saturated rings. The highest BCUT2D eigenvalue weighted by Crippen LogP contribution is 2.19. The first kappa shape index (κ1) is 11.4. The molecule has 2 rings (SSSR count). The number of ether oxygens (including phenoxy) is 1. The van der Waals surface area contributed by atoms with Gasteiger partial charge in [-0.05, 0) is 18.1 Å². The minimum absolute atomic E-state index is 0.197. The second kappa shape index (κ2) is 5.30. The smallest absolute Gasteiger partial charge is 0.310 e. The van der Waals surface area contributed by atoms with Gasteiger partial charge in [-0.25, -0.2) is 0 Å². The van der Waals surface area contributed by atoms with Crippen LogP contribution in [0.3, 0.4) is 0 Å². The number of rotatable bonds is 4. The van der Waals surface area contributed by atoms with E-state index in [0.29, 0.717) is 13.0 Å². The molecule has 4 nitrogen and oxygen atoms in total. The maximum atomic E-state index is 11.4. The monoisotopic (exact) mass is 230 g/mol. The van der Waals surface area contributed by atoms with E-state index < -0.39 is 0 Å². The molecule has 0 aliphatic carbocycles. The maximum Gasteiger partial charge on any atom is 0.310 e. The molecule has 1 N–H and O–H groups in total. The van der Waals surface area contributed by atoms with Gasteiger partial charge in [-0.1, -0.05) is 24.3 Å². The number of carbonyl (C=O) groups is 1. The summed E-state index contributed by atoms with van der Waals surface area (Å²) < 4.78 is 4.92. The van der Waals surface area contributed by atoms with Gasteiger partial charge < -0.3 is 4.74 Å². The summed E-state index contributed by atoms with van der Waals surface area (Å²) in [6.45, 7) is 2.22. The molecule has 1 aromatic carbocycles. The number of hydrogen-bond acceptors (Lipinski definition) is 3. The second-order valence-electron chi connectivity index (χ2n) is 3.67. The van der Waals surface area contributed by atoms with Crippen molar-refractivity contribution in [3.05, 3.63) is 42.2 Å². The number of benzene rings is 1. The van der Waals surface area contributed by atoms with Crippen LogP contribution in [0.5, 0.6) is 0 Å². The van der Waals surface area contributed by atoms with E-state index in [-0.39, 0.29) is 5.97 Å². The molecule has 0 atom stereocenters. The molecule has 2 aromatic rings. The van der Waals surface area contributed by atoms with Crippen LogP contribution in [0, 0.1) is 0 Å². The lowest BCUT2D eigenvalue weighted by atomic mass is 10.0. The van der Waals surface area contributed by atoms with Gasteiger partial charge in [0, 0.05) is 11.8 Å².